The molecule has 0 aliphatic carbocycles. The van der Waals surface area contributed by atoms with E-state index in [4.69, 9.17) is 17.3 Å². The number of aromatic nitrogens is 3. The number of nitrogens with zero attached hydrogens (tertiary/aromatic N) is 3. The standard InChI is InChI=1S/C13H7ClFN4O2/c14-7-1-6(2-8(15)3-7)9-4-10(20)11(12(16)21)19-13(9)17-5-18-19/h1-5,16,20H. The molecule has 0 unspecified atom stereocenters. The minimum atomic E-state index is -1.10. The lowest BCUT2D eigenvalue weighted by atomic mass is 10.1. The molecule has 105 valence electrons. The minimum absolute atomic E-state index is 0.183. The summed E-state index contributed by atoms with van der Waals surface area (Å²) in [5, 5.41) is 13.9. The van der Waals surface area contributed by atoms with E-state index in [1.54, 1.807) is 0 Å². The molecular weight excluding hydrogens is 299 g/mol. The van der Waals surface area contributed by atoms with Crippen molar-refractivity contribution >= 4 is 23.2 Å². The predicted molar refractivity (Wildman–Crippen MR) is 72.5 cm³/mol. The van der Waals surface area contributed by atoms with E-state index in [1.165, 1.54) is 24.5 Å². The predicted octanol–water partition coefficient (Wildman–Crippen LogP) is 2.32. The smallest absolute Gasteiger partial charge is 0.292 e. The molecule has 1 aromatic carbocycles. The molecule has 2 heterocycles. The number of hydrogen-bond donors (Lipinski definition) is 1. The maximum absolute atomic E-state index is 13.5. The fraction of sp³-hybridized carbons (Fsp3) is 0. The number of amides is 1. The zero-order valence-electron chi connectivity index (χ0n) is 10.3. The van der Waals surface area contributed by atoms with Crippen molar-refractivity contribution in [1.82, 2.24) is 20.3 Å². The van der Waals surface area contributed by atoms with E-state index in [1.807, 2.05) is 0 Å². The van der Waals surface area contributed by atoms with E-state index < -0.39 is 17.5 Å². The van der Waals surface area contributed by atoms with Crippen molar-refractivity contribution in [3.05, 3.63) is 47.1 Å². The van der Waals surface area contributed by atoms with Crippen molar-refractivity contribution in [3.8, 4) is 16.9 Å². The summed E-state index contributed by atoms with van der Waals surface area (Å²) in [6.07, 6.45) is 1.17. The Labute approximate surface area is 122 Å². The quantitative estimate of drug-likeness (QED) is 0.786. The maximum atomic E-state index is 13.5. The molecule has 0 aliphatic rings. The van der Waals surface area contributed by atoms with Gasteiger partial charge >= 0.3 is 0 Å². The van der Waals surface area contributed by atoms with Gasteiger partial charge in [-0.05, 0) is 29.8 Å². The molecule has 21 heavy (non-hydrogen) atoms. The largest absolute Gasteiger partial charge is 0.505 e. The summed E-state index contributed by atoms with van der Waals surface area (Å²) in [4.78, 5) is 15.2. The second kappa shape index (κ2) is 4.71. The van der Waals surface area contributed by atoms with Gasteiger partial charge in [0.15, 0.2) is 11.3 Å². The molecule has 1 amide bonds. The van der Waals surface area contributed by atoms with E-state index in [0.717, 1.165) is 10.6 Å². The summed E-state index contributed by atoms with van der Waals surface area (Å²) in [6, 6.07) is 5.10. The van der Waals surface area contributed by atoms with Gasteiger partial charge < -0.3 is 5.11 Å². The highest BCUT2D eigenvalue weighted by Crippen LogP contribution is 2.31. The lowest BCUT2D eigenvalue weighted by molar-refractivity contribution is 0.0982. The van der Waals surface area contributed by atoms with Gasteiger partial charge in [-0.2, -0.15) is 5.10 Å². The van der Waals surface area contributed by atoms with Crippen LogP contribution in [-0.4, -0.2) is 25.6 Å². The molecule has 2 aromatic heterocycles. The first-order valence-corrected chi connectivity index (χ1v) is 6.13. The zero-order valence-corrected chi connectivity index (χ0v) is 11.1. The van der Waals surface area contributed by atoms with E-state index in [2.05, 4.69) is 10.1 Å². The minimum Gasteiger partial charge on any atom is -0.505 e. The van der Waals surface area contributed by atoms with Gasteiger partial charge in [-0.1, -0.05) is 11.6 Å². The fourth-order valence-corrected chi connectivity index (χ4v) is 2.32. The van der Waals surface area contributed by atoms with Crippen LogP contribution in [0.2, 0.25) is 5.02 Å². The van der Waals surface area contributed by atoms with Crippen LogP contribution in [0.3, 0.4) is 0 Å². The second-order valence-corrected chi connectivity index (χ2v) is 4.71. The Bertz CT molecular complexity index is 858. The lowest BCUT2D eigenvalue weighted by Gasteiger charge is -2.09. The van der Waals surface area contributed by atoms with Gasteiger partial charge in [0.25, 0.3) is 5.91 Å². The van der Waals surface area contributed by atoms with Crippen molar-refractivity contribution in [2.45, 2.75) is 0 Å². The molecule has 3 aromatic rings. The SMILES string of the molecule is [NH]C(=O)c1c(O)cc(-c2cc(F)cc(Cl)c2)c2ncnn12. The monoisotopic (exact) mass is 305 g/mol. The zero-order chi connectivity index (χ0) is 15.1. The molecule has 0 saturated carbocycles. The van der Waals surface area contributed by atoms with E-state index in [-0.39, 0.29) is 16.4 Å². The van der Waals surface area contributed by atoms with Gasteiger partial charge in [0, 0.05) is 10.6 Å². The molecular formula is C13H7ClFN4O2. The maximum Gasteiger partial charge on any atom is 0.292 e. The van der Waals surface area contributed by atoms with Crippen LogP contribution in [0, 0.1) is 5.82 Å². The van der Waals surface area contributed by atoms with Crippen LogP contribution in [0.5, 0.6) is 5.75 Å². The Morgan fingerprint density at radius 2 is 2.10 bits per heavy atom. The van der Waals surface area contributed by atoms with Crippen molar-refractivity contribution in [1.29, 1.82) is 0 Å². The average Bonchev–Trinajstić information content (AvgIpc) is 2.84. The van der Waals surface area contributed by atoms with E-state index >= 15 is 0 Å². The summed E-state index contributed by atoms with van der Waals surface area (Å²) in [5.41, 5.74) is 7.77. The molecule has 6 nitrogen and oxygen atoms in total. The first-order valence-electron chi connectivity index (χ1n) is 5.75. The van der Waals surface area contributed by atoms with Crippen LogP contribution in [0.25, 0.3) is 16.8 Å². The van der Waals surface area contributed by atoms with Crippen molar-refractivity contribution < 1.29 is 14.3 Å². The molecule has 2 N–H and O–H groups in total. The molecule has 8 heteroatoms. The second-order valence-electron chi connectivity index (χ2n) is 4.27. The van der Waals surface area contributed by atoms with Crippen LogP contribution >= 0.6 is 11.6 Å². The highest BCUT2D eigenvalue weighted by atomic mass is 35.5. The van der Waals surface area contributed by atoms with Gasteiger partial charge in [0.1, 0.15) is 17.9 Å². The average molecular weight is 306 g/mol. The first kappa shape index (κ1) is 13.3. The summed E-state index contributed by atoms with van der Waals surface area (Å²) in [5.74, 6) is -2.09. The van der Waals surface area contributed by atoms with Crippen LogP contribution < -0.4 is 5.73 Å². The van der Waals surface area contributed by atoms with Gasteiger partial charge in [-0.15, -0.1) is 0 Å². The highest BCUT2D eigenvalue weighted by molar-refractivity contribution is 6.30. The Hall–Kier alpha value is -2.67. The van der Waals surface area contributed by atoms with Crippen LogP contribution in [0.4, 0.5) is 4.39 Å². The summed E-state index contributed by atoms with van der Waals surface area (Å²) in [6.45, 7) is 0. The summed E-state index contributed by atoms with van der Waals surface area (Å²) < 4.78 is 14.5. The first-order chi connectivity index (χ1) is 9.97. The van der Waals surface area contributed by atoms with Crippen molar-refractivity contribution in [2.75, 3.05) is 0 Å². The number of fused-ring (bicyclic) bond motifs is 1. The Morgan fingerprint density at radius 1 is 1.33 bits per heavy atom. The molecule has 0 saturated heterocycles. The Balaban J connectivity index is 2.36. The molecule has 1 radical (unpaired) electrons. The van der Waals surface area contributed by atoms with Crippen molar-refractivity contribution in [2.24, 2.45) is 0 Å². The number of halogens is 2. The number of carbonyl (C=O) groups is 1. The van der Waals surface area contributed by atoms with Crippen LogP contribution in [-0.2, 0) is 0 Å². The number of carbonyl (C=O) groups excluding carboxylic acids is 1. The topological polar surface area (TPSA) is 91.3 Å². The Kier molecular flexibility index (Phi) is 2.99. The van der Waals surface area contributed by atoms with Crippen LogP contribution in [0.1, 0.15) is 10.5 Å². The van der Waals surface area contributed by atoms with E-state index in [9.17, 15) is 14.3 Å². The lowest BCUT2D eigenvalue weighted by Crippen LogP contribution is -2.09. The molecule has 0 atom stereocenters. The number of benzene rings is 1. The molecule has 0 spiro atoms. The molecule has 0 bridgehead atoms. The van der Waals surface area contributed by atoms with Gasteiger partial charge in [0.05, 0.1) is 0 Å². The normalized spacial score (nSPS) is 11.0. The van der Waals surface area contributed by atoms with Crippen molar-refractivity contribution in [3.63, 3.8) is 0 Å². The third kappa shape index (κ3) is 2.17. The fourth-order valence-electron chi connectivity index (χ4n) is 2.10. The van der Waals surface area contributed by atoms with Gasteiger partial charge in [-0.25, -0.2) is 13.9 Å². The molecule has 0 fully saturated rings. The van der Waals surface area contributed by atoms with Gasteiger partial charge in [0.2, 0.25) is 0 Å². The molecule has 3 rings (SSSR count). The number of nitrogens with one attached hydrogen (secondary N) is 1. The van der Waals surface area contributed by atoms with E-state index in [0.29, 0.717) is 11.1 Å². The number of rotatable bonds is 2. The molecule has 0 aliphatic heterocycles. The number of hydrogen-bond acceptors (Lipinski definition) is 4. The summed E-state index contributed by atoms with van der Waals surface area (Å²) in [7, 11) is 0. The van der Waals surface area contributed by atoms with Crippen LogP contribution in [0.15, 0.2) is 30.6 Å². The third-order valence-corrected chi connectivity index (χ3v) is 3.13. The summed E-state index contributed by atoms with van der Waals surface area (Å²) >= 11 is 5.82. The number of aromatic hydroxyl groups is 1. The van der Waals surface area contributed by atoms with Gasteiger partial charge in [-0.3, -0.25) is 10.5 Å². The Morgan fingerprint density at radius 3 is 2.76 bits per heavy atom. The third-order valence-electron chi connectivity index (χ3n) is 2.91. The number of pyridine rings is 1. The highest BCUT2D eigenvalue weighted by Gasteiger charge is 2.19.